The number of rotatable bonds is 6. The minimum absolute atomic E-state index is 0.125. The number of amides is 1. The van der Waals surface area contributed by atoms with Gasteiger partial charge in [-0.25, -0.2) is 15.0 Å². The number of carbonyl (C=O) groups excluding carboxylic acids is 1. The molecule has 2 aromatic heterocycles. The Morgan fingerprint density at radius 3 is 2.72 bits per heavy atom. The Bertz CT molecular complexity index is 1140. The van der Waals surface area contributed by atoms with E-state index in [0.717, 1.165) is 27.9 Å². The van der Waals surface area contributed by atoms with Crippen LogP contribution in [0.15, 0.2) is 60.8 Å². The lowest BCUT2D eigenvalue weighted by molar-refractivity contribution is -0.114. The topological polar surface area (TPSA) is 79.8 Å². The molecular formula is C22H21N5OS. The van der Waals surface area contributed by atoms with E-state index >= 15 is 0 Å². The van der Waals surface area contributed by atoms with Gasteiger partial charge in [0.15, 0.2) is 5.13 Å². The van der Waals surface area contributed by atoms with Gasteiger partial charge in [-0.05, 0) is 37.1 Å². The fourth-order valence-electron chi connectivity index (χ4n) is 3.12. The smallest absolute Gasteiger partial charge is 0.223 e. The lowest BCUT2D eigenvalue weighted by Gasteiger charge is -2.14. The molecule has 7 heteroatoms. The average Bonchev–Trinajstić information content (AvgIpc) is 3.09. The summed E-state index contributed by atoms with van der Waals surface area (Å²) in [4.78, 5) is 24.7. The molecule has 29 heavy (non-hydrogen) atoms. The predicted octanol–water partition coefficient (Wildman–Crippen LogP) is 4.75. The summed E-state index contributed by atoms with van der Waals surface area (Å²) in [5.41, 5.74) is 3.95. The maximum atomic E-state index is 11.3. The Balaban J connectivity index is 1.52. The molecule has 0 spiro atoms. The lowest BCUT2D eigenvalue weighted by atomic mass is 10.1. The number of carbonyl (C=O) groups is 1. The predicted molar refractivity (Wildman–Crippen MR) is 118 cm³/mol. The van der Waals surface area contributed by atoms with Crippen molar-refractivity contribution in [1.82, 2.24) is 15.0 Å². The van der Waals surface area contributed by atoms with Crippen LogP contribution in [0.5, 0.6) is 0 Å². The van der Waals surface area contributed by atoms with E-state index in [1.807, 2.05) is 42.5 Å². The molecule has 0 fully saturated rings. The molecule has 146 valence electrons. The van der Waals surface area contributed by atoms with Crippen LogP contribution in [0.25, 0.3) is 21.5 Å². The van der Waals surface area contributed by atoms with Gasteiger partial charge < -0.3 is 10.6 Å². The number of aromatic nitrogens is 3. The van der Waals surface area contributed by atoms with Crippen molar-refractivity contribution in [2.75, 3.05) is 10.6 Å². The fraction of sp³-hybridized carbons (Fsp3) is 0.182. The summed E-state index contributed by atoms with van der Waals surface area (Å²) in [6.07, 6.45) is 2.66. The Labute approximate surface area is 173 Å². The van der Waals surface area contributed by atoms with Crippen molar-refractivity contribution in [2.24, 2.45) is 0 Å². The fourth-order valence-corrected chi connectivity index (χ4v) is 4.07. The van der Waals surface area contributed by atoms with E-state index in [1.54, 1.807) is 6.20 Å². The first-order valence-corrected chi connectivity index (χ1v) is 10.2. The number of nitrogens with one attached hydrogen (secondary N) is 2. The molecule has 0 bridgehead atoms. The van der Waals surface area contributed by atoms with Crippen molar-refractivity contribution in [3.8, 4) is 11.3 Å². The number of thiazole rings is 1. The highest BCUT2D eigenvalue weighted by Crippen LogP contribution is 2.30. The second-order valence-electron chi connectivity index (χ2n) is 6.88. The molecule has 0 aliphatic rings. The van der Waals surface area contributed by atoms with Gasteiger partial charge in [0.05, 0.1) is 15.9 Å². The number of hydrogen-bond acceptors (Lipinski definition) is 6. The zero-order chi connectivity index (χ0) is 20.2. The summed E-state index contributed by atoms with van der Waals surface area (Å²) in [5, 5.41) is 6.72. The molecular weight excluding hydrogens is 382 g/mol. The summed E-state index contributed by atoms with van der Waals surface area (Å²) in [6.45, 7) is 3.60. The van der Waals surface area contributed by atoms with E-state index < -0.39 is 0 Å². The first kappa shape index (κ1) is 19.0. The second kappa shape index (κ2) is 8.36. The quantitative estimate of drug-likeness (QED) is 0.485. The molecule has 6 nitrogen and oxygen atoms in total. The van der Waals surface area contributed by atoms with E-state index in [4.69, 9.17) is 0 Å². The van der Waals surface area contributed by atoms with Crippen LogP contribution in [-0.4, -0.2) is 26.9 Å². The van der Waals surface area contributed by atoms with Gasteiger partial charge >= 0.3 is 0 Å². The van der Waals surface area contributed by atoms with Crippen molar-refractivity contribution >= 4 is 38.5 Å². The van der Waals surface area contributed by atoms with Crippen molar-refractivity contribution in [3.63, 3.8) is 0 Å². The Hall–Kier alpha value is -3.32. The van der Waals surface area contributed by atoms with Crippen molar-refractivity contribution < 1.29 is 4.79 Å². The standard InChI is InChI=1S/C22H21N5OS/c1-14(12-16-6-4-3-5-7-16)24-21-23-11-10-18(26-21)17-8-9-19-20(13-17)29-22(27-19)25-15(2)28/h3-11,13-14H,12H2,1-2H3,(H,23,24,26)(H,25,27,28). The number of nitrogens with zero attached hydrogens (tertiary/aromatic N) is 3. The van der Waals surface area contributed by atoms with Crippen molar-refractivity contribution in [2.45, 2.75) is 26.3 Å². The van der Waals surface area contributed by atoms with Gasteiger partial charge in [-0.2, -0.15) is 0 Å². The highest BCUT2D eigenvalue weighted by Gasteiger charge is 2.10. The minimum atomic E-state index is -0.125. The summed E-state index contributed by atoms with van der Waals surface area (Å²) in [7, 11) is 0. The van der Waals surface area contributed by atoms with Gasteiger partial charge in [0.2, 0.25) is 11.9 Å². The van der Waals surface area contributed by atoms with Gasteiger partial charge in [0.1, 0.15) is 0 Å². The Kier molecular flexibility index (Phi) is 5.48. The third-order valence-corrected chi connectivity index (χ3v) is 5.32. The zero-order valence-corrected chi connectivity index (χ0v) is 17.0. The number of fused-ring (bicyclic) bond motifs is 1. The molecule has 0 saturated heterocycles. The summed E-state index contributed by atoms with van der Waals surface area (Å²) in [6, 6.07) is 18.4. The van der Waals surface area contributed by atoms with Gasteiger partial charge in [-0.1, -0.05) is 47.7 Å². The highest BCUT2D eigenvalue weighted by atomic mass is 32.1. The van der Waals surface area contributed by atoms with Crippen LogP contribution in [0, 0.1) is 0 Å². The SMILES string of the molecule is CC(=O)Nc1nc2ccc(-c3ccnc(NC(C)Cc4ccccc4)n3)cc2s1. The highest BCUT2D eigenvalue weighted by molar-refractivity contribution is 7.22. The van der Waals surface area contributed by atoms with Crippen LogP contribution < -0.4 is 10.6 Å². The van der Waals surface area contributed by atoms with Crippen molar-refractivity contribution in [3.05, 3.63) is 66.4 Å². The molecule has 0 radical (unpaired) electrons. The van der Waals surface area contributed by atoms with Crippen LogP contribution in [-0.2, 0) is 11.2 Å². The minimum Gasteiger partial charge on any atom is -0.351 e. The number of hydrogen-bond donors (Lipinski definition) is 2. The molecule has 2 N–H and O–H groups in total. The maximum absolute atomic E-state index is 11.3. The largest absolute Gasteiger partial charge is 0.351 e. The Morgan fingerprint density at radius 2 is 1.93 bits per heavy atom. The molecule has 1 amide bonds. The van der Waals surface area contributed by atoms with E-state index in [1.165, 1.54) is 23.8 Å². The molecule has 0 saturated carbocycles. The lowest BCUT2D eigenvalue weighted by Crippen LogP contribution is -2.19. The summed E-state index contributed by atoms with van der Waals surface area (Å²) in [5.74, 6) is 0.481. The first-order chi connectivity index (χ1) is 14.1. The molecule has 2 aromatic carbocycles. The normalized spacial score (nSPS) is 11.9. The van der Waals surface area contributed by atoms with Gasteiger partial charge in [-0.3, -0.25) is 4.79 Å². The monoisotopic (exact) mass is 403 g/mol. The molecule has 0 aliphatic heterocycles. The van der Waals surface area contributed by atoms with Crippen LogP contribution in [0.1, 0.15) is 19.4 Å². The average molecular weight is 404 g/mol. The molecule has 2 heterocycles. The molecule has 4 rings (SSSR count). The van der Waals surface area contributed by atoms with E-state index in [9.17, 15) is 4.79 Å². The molecule has 4 aromatic rings. The third-order valence-electron chi connectivity index (χ3n) is 4.38. The van der Waals surface area contributed by atoms with E-state index in [-0.39, 0.29) is 11.9 Å². The molecule has 1 unspecified atom stereocenters. The van der Waals surface area contributed by atoms with Gasteiger partial charge in [0, 0.05) is 24.7 Å². The first-order valence-electron chi connectivity index (χ1n) is 9.39. The molecule has 0 aliphatic carbocycles. The third kappa shape index (κ3) is 4.75. The zero-order valence-electron chi connectivity index (χ0n) is 16.2. The number of anilines is 2. The number of benzene rings is 2. The van der Waals surface area contributed by atoms with Crippen LogP contribution in [0.2, 0.25) is 0 Å². The maximum Gasteiger partial charge on any atom is 0.223 e. The van der Waals surface area contributed by atoms with Crippen LogP contribution in [0.3, 0.4) is 0 Å². The Morgan fingerprint density at radius 1 is 1.10 bits per heavy atom. The summed E-state index contributed by atoms with van der Waals surface area (Å²) < 4.78 is 0.997. The van der Waals surface area contributed by atoms with Crippen LogP contribution >= 0.6 is 11.3 Å². The van der Waals surface area contributed by atoms with E-state index in [0.29, 0.717) is 11.1 Å². The van der Waals surface area contributed by atoms with Gasteiger partial charge in [-0.15, -0.1) is 0 Å². The summed E-state index contributed by atoms with van der Waals surface area (Å²) >= 11 is 1.45. The van der Waals surface area contributed by atoms with Crippen LogP contribution in [0.4, 0.5) is 11.1 Å². The van der Waals surface area contributed by atoms with E-state index in [2.05, 4.69) is 44.6 Å². The van der Waals surface area contributed by atoms with Crippen molar-refractivity contribution in [1.29, 1.82) is 0 Å². The van der Waals surface area contributed by atoms with Gasteiger partial charge in [0.25, 0.3) is 0 Å². The molecule has 1 atom stereocenters. The second-order valence-corrected chi connectivity index (χ2v) is 7.91.